The van der Waals surface area contributed by atoms with E-state index in [2.05, 4.69) is 0 Å². The second-order valence-corrected chi connectivity index (χ2v) is 5.88. The molecule has 3 nitrogen and oxygen atoms in total. The maximum absolute atomic E-state index is 13.1. The number of nitrogens with zero attached hydrogens (tertiary/aromatic N) is 1. The fourth-order valence-corrected chi connectivity index (χ4v) is 2.99. The van der Waals surface area contributed by atoms with E-state index in [-0.39, 0.29) is 17.6 Å². The van der Waals surface area contributed by atoms with Gasteiger partial charge in [-0.3, -0.25) is 4.79 Å². The van der Waals surface area contributed by atoms with E-state index in [0.717, 1.165) is 31.4 Å². The third kappa shape index (κ3) is 4.09. The van der Waals surface area contributed by atoms with Crippen molar-refractivity contribution in [3.63, 3.8) is 0 Å². The standard InChI is InChI=1S/C19H20FNO2/c20-17-8-6-15(7-9-17)16-4-1-2-12-21(14-16)19(22)11-10-18-5-3-13-23-18/h3,5-11,13,16H,1-2,4,12,14H2. The fraction of sp³-hybridized carbons (Fsp3) is 0.316. The highest BCUT2D eigenvalue weighted by molar-refractivity contribution is 5.91. The minimum absolute atomic E-state index is 0.00425. The van der Waals surface area contributed by atoms with E-state index >= 15 is 0 Å². The number of amides is 1. The van der Waals surface area contributed by atoms with Crippen molar-refractivity contribution in [2.45, 2.75) is 25.2 Å². The van der Waals surface area contributed by atoms with E-state index in [1.165, 1.54) is 12.1 Å². The number of halogens is 1. The van der Waals surface area contributed by atoms with Crippen LogP contribution in [0.15, 0.2) is 53.2 Å². The van der Waals surface area contributed by atoms with Crippen LogP contribution in [0.3, 0.4) is 0 Å². The molecule has 23 heavy (non-hydrogen) atoms. The molecule has 1 aliphatic rings. The van der Waals surface area contributed by atoms with Crippen molar-refractivity contribution in [2.24, 2.45) is 0 Å². The number of rotatable bonds is 3. The first-order valence-electron chi connectivity index (χ1n) is 7.98. The van der Waals surface area contributed by atoms with Gasteiger partial charge in [-0.05, 0) is 48.7 Å². The lowest BCUT2D eigenvalue weighted by Crippen LogP contribution is -2.32. The molecular weight excluding hydrogens is 293 g/mol. The molecule has 4 heteroatoms. The van der Waals surface area contributed by atoms with E-state index in [0.29, 0.717) is 12.3 Å². The van der Waals surface area contributed by atoms with Crippen LogP contribution in [-0.4, -0.2) is 23.9 Å². The molecule has 0 aliphatic carbocycles. The topological polar surface area (TPSA) is 33.5 Å². The lowest BCUT2D eigenvalue weighted by atomic mass is 9.94. The van der Waals surface area contributed by atoms with Crippen molar-refractivity contribution in [1.29, 1.82) is 0 Å². The van der Waals surface area contributed by atoms with E-state index in [1.807, 2.05) is 23.1 Å². The summed E-state index contributed by atoms with van der Waals surface area (Å²) >= 11 is 0. The summed E-state index contributed by atoms with van der Waals surface area (Å²) in [6.45, 7) is 1.44. The second-order valence-electron chi connectivity index (χ2n) is 5.88. The van der Waals surface area contributed by atoms with E-state index < -0.39 is 0 Å². The van der Waals surface area contributed by atoms with Gasteiger partial charge in [-0.1, -0.05) is 18.6 Å². The summed E-state index contributed by atoms with van der Waals surface area (Å²) in [7, 11) is 0. The van der Waals surface area contributed by atoms with Crippen molar-refractivity contribution >= 4 is 12.0 Å². The van der Waals surface area contributed by atoms with Gasteiger partial charge >= 0.3 is 0 Å². The number of hydrogen-bond donors (Lipinski definition) is 0. The molecule has 0 spiro atoms. The second kappa shape index (κ2) is 7.27. The number of benzene rings is 1. The zero-order valence-corrected chi connectivity index (χ0v) is 13.0. The third-order valence-corrected chi connectivity index (χ3v) is 4.26. The van der Waals surface area contributed by atoms with Gasteiger partial charge in [0.2, 0.25) is 5.91 Å². The monoisotopic (exact) mass is 313 g/mol. The highest BCUT2D eigenvalue weighted by atomic mass is 19.1. The molecule has 1 fully saturated rings. The first-order chi connectivity index (χ1) is 11.2. The number of furan rings is 1. The van der Waals surface area contributed by atoms with Crippen LogP contribution in [-0.2, 0) is 4.79 Å². The van der Waals surface area contributed by atoms with Crippen LogP contribution < -0.4 is 0 Å². The van der Waals surface area contributed by atoms with Gasteiger partial charge in [0, 0.05) is 25.1 Å². The van der Waals surface area contributed by atoms with Crippen LogP contribution >= 0.6 is 0 Å². The van der Waals surface area contributed by atoms with Gasteiger partial charge in [-0.25, -0.2) is 4.39 Å². The van der Waals surface area contributed by atoms with Crippen LogP contribution in [0.1, 0.15) is 36.5 Å². The molecule has 2 aromatic rings. The summed E-state index contributed by atoms with van der Waals surface area (Å²) < 4.78 is 18.3. The zero-order chi connectivity index (χ0) is 16.1. The molecule has 120 valence electrons. The third-order valence-electron chi connectivity index (χ3n) is 4.26. The Balaban J connectivity index is 1.69. The SMILES string of the molecule is O=C(C=Cc1ccco1)N1CCCCC(c2ccc(F)cc2)C1. The van der Waals surface area contributed by atoms with Crippen molar-refractivity contribution < 1.29 is 13.6 Å². The van der Waals surface area contributed by atoms with Gasteiger partial charge in [-0.15, -0.1) is 0 Å². The van der Waals surface area contributed by atoms with E-state index in [1.54, 1.807) is 24.5 Å². The summed E-state index contributed by atoms with van der Waals surface area (Å²) in [4.78, 5) is 14.3. The van der Waals surface area contributed by atoms with Crippen LogP contribution in [0.25, 0.3) is 6.08 Å². The Morgan fingerprint density at radius 1 is 1.22 bits per heavy atom. The smallest absolute Gasteiger partial charge is 0.246 e. The van der Waals surface area contributed by atoms with Gasteiger partial charge < -0.3 is 9.32 Å². The molecule has 1 atom stereocenters. The molecule has 3 rings (SSSR count). The highest BCUT2D eigenvalue weighted by Crippen LogP contribution is 2.26. The summed E-state index contributed by atoms with van der Waals surface area (Å²) in [6, 6.07) is 10.2. The summed E-state index contributed by atoms with van der Waals surface area (Å²) in [6.07, 6.45) is 7.94. The van der Waals surface area contributed by atoms with Gasteiger partial charge in [0.05, 0.1) is 6.26 Å². The van der Waals surface area contributed by atoms with Gasteiger partial charge in [0.25, 0.3) is 0 Å². The summed E-state index contributed by atoms with van der Waals surface area (Å²) in [5, 5.41) is 0. The average Bonchev–Trinajstić information content (AvgIpc) is 2.96. The maximum Gasteiger partial charge on any atom is 0.246 e. The Hall–Kier alpha value is -2.36. The Labute approximate surface area is 135 Å². The van der Waals surface area contributed by atoms with Crippen molar-refractivity contribution in [3.05, 3.63) is 65.9 Å². The summed E-state index contributed by atoms with van der Waals surface area (Å²) in [5.41, 5.74) is 1.10. The highest BCUT2D eigenvalue weighted by Gasteiger charge is 2.22. The Morgan fingerprint density at radius 2 is 2.04 bits per heavy atom. The van der Waals surface area contributed by atoms with Crippen LogP contribution in [0.2, 0.25) is 0 Å². The molecule has 0 radical (unpaired) electrons. The van der Waals surface area contributed by atoms with Crippen molar-refractivity contribution in [2.75, 3.05) is 13.1 Å². The molecule has 0 bridgehead atoms. The van der Waals surface area contributed by atoms with Gasteiger partial charge in [0.1, 0.15) is 11.6 Å². The fourth-order valence-electron chi connectivity index (χ4n) is 2.99. The van der Waals surface area contributed by atoms with E-state index in [9.17, 15) is 9.18 Å². The lowest BCUT2D eigenvalue weighted by Gasteiger charge is -2.23. The molecule has 0 N–H and O–H groups in total. The predicted octanol–water partition coefficient (Wildman–Crippen LogP) is 4.23. The number of carbonyl (C=O) groups is 1. The molecular formula is C19H20FNO2. The van der Waals surface area contributed by atoms with Crippen LogP contribution in [0, 0.1) is 5.82 Å². The normalized spacial score (nSPS) is 19.0. The number of carbonyl (C=O) groups excluding carboxylic acids is 1. The van der Waals surface area contributed by atoms with Crippen molar-refractivity contribution in [1.82, 2.24) is 4.90 Å². The minimum Gasteiger partial charge on any atom is -0.465 e. The molecule has 1 aromatic carbocycles. The van der Waals surface area contributed by atoms with Crippen LogP contribution in [0.5, 0.6) is 0 Å². The number of likely N-dealkylation sites (tertiary alicyclic amines) is 1. The molecule has 0 saturated carbocycles. The average molecular weight is 313 g/mol. The van der Waals surface area contributed by atoms with Crippen LogP contribution in [0.4, 0.5) is 4.39 Å². The first kappa shape index (κ1) is 15.5. The Kier molecular flexibility index (Phi) is 4.91. The quantitative estimate of drug-likeness (QED) is 0.795. The van der Waals surface area contributed by atoms with Gasteiger partial charge in [-0.2, -0.15) is 0 Å². The van der Waals surface area contributed by atoms with E-state index in [4.69, 9.17) is 4.42 Å². The molecule has 2 heterocycles. The number of hydrogen-bond acceptors (Lipinski definition) is 2. The first-order valence-corrected chi connectivity index (χ1v) is 7.98. The largest absolute Gasteiger partial charge is 0.465 e. The molecule has 1 amide bonds. The molecule has 1 aromatic heterocycles. The molecule has 1 saturated heterocycles. The molecule has 1 unspecified atom stereocenters. The molecule has 1 aliphatic heterocycles. The lowest BCUT2D eigenvalue weighted by molar-refractivity contribution is -0.126. The zero-order valence-electron chi connectivity index (χ0n) is 13.0. The van der Waals surface area contributed by atoms with Gasteiger partial charge in [0.15, 0.2) is 0 Å². The van der Waals surface area contributed by atoms with Crippen molar-refractivity contribution in [3.8, 4) is 0 Å². The Bertz CT molecular complexity index is 661. The summed E-state index contributed by atoms with van der Waals surface area (Å²) in [5.74, 6) is 0.703. The maximum atomic E-state index is 13.1. The predicted molar refractivity (Wildman–Crippen MR) is 87.3 cm³/mol. The Morgan fingerprint density at radius 3 is 2.78 bits per heavy atom. The minimum atomic E-state index is -0.225.